The first kappa shape index (κ1) is 65.2. The molecule has 0 aromatic heterocycles. The maximum Gasteiger partial charge on any atom is 0.361 e. The summed E-state index contributed by atoms with van der Waals surface area (Å²) in [4.78, 5) is 37.3. The summed E-state index contributed by atoms with van der Waals surface area (Å²) in [5.74, 6) is -2.04. The fourth-order valence-corrected chi connectivity index (χ4v) is 7.10. The highest BCUT2D eigenvalue weighted by Crippen LogP contribution is 2.14. The number of hydrogen-bond donors (Lipinski definition) is 1. The molecule has 0 saturated heterocycles. The second kappa shape index (κ2) is 50.6. The number of aliphatic carboxylic acids is 1. The second-order valence-electron chi connectivity index (χ2n) is 19.2. The van der Waals surface area contributed by atoms with Crippen molar-refractivity contribution in [2.75, 3.05) is 47.5 Å². The molecular weight excluding hydrogens is 863 g/mol. The van der Waals surface area contributed by atoms with Crippen LogP contribution < -0.4 is 0 Å². The van der Waals surface area contributed by atoms with Gasteiger partial charge in [0.15, 0.2) is 6.10 Å². The van der Waals surface area contributed by atoms with Gasteiger partial charge in [-0.1, -0.05) is 195 Å². The van der Waals surface area contributed by atoms with Gasteiger partial charge in [0.05, 0.1) is 34.4 Å². The third kappa shape index (κ3) is 51.9. The molecule has 9 nitrogen and oxygen atoms in total. The Kier molecular flexibility index (Phi) is 47.8. The van der Waals surface area contributed by atoms with E-state index in [0.717, 1.165) is 109 Å². The first-order valence-corrected chi connectivity index (χ1v) is 27.4. The molecule has 0 rings (SSSR count). The van der Waals surface area contributed by atoms with Gasteiger partial charge < -0.3 is 28.5 Å². The molecule has 0 aliphatic heterocycles. The molecule has 0 aromatic carbocycles. The Bertz CT molecular complexity index is 1450. The predicted molar refractivity (Wildman–Crippen MR) is 290 cm³/mol. The molecule has 0 aliphatic carbocycles. The fourth-order valence-electron chi connectivity index (χ4n) is 7.10. The molecule has 1 N–H and O–H groups in total. The van der Waals surface area contributed by atoms with Crippen LogP contribution in [0.1, 0.15) is 206 Å². The zero-order valence-corrected chi connectivity index (χ0v) is 44.7. The number of hydrogen-bond acceptors (Lipinski definition) is 7. The van der Waals surface area contributed by atoms with Crippen molar-refractivity contribution in [1.29, 1.82) is 0 Å². The number of rotatable bonds is 49. The summed E-state index contributed by atoms with van der Waals surface area (Å²) in [5, 5.41) is 9.68. The topological polar surface area (TPSA) is 108 Å². The normalized spacial score (nSPS) is 13.6. The molecule has 0 amide bonds. The lowest BCUT2D eigenvalue weighted by Gasteiger charge is -2.25. The van der Waals surface area contributed by atoms with Gasteiger partial charge in [-0.05, 0) is 96.3 Å². The smallest absolute Gasteiger partial charge is 0.361 e. The van der Waals surface area contributed by atoms with E-state index in [4.69, 9.17) is 18.9 Å². The van der Waals surface area contributed by atoms with Crippen LogP contribution >= 0.6 is 0 Å². The number of carboxylic acids is 1. The minimum Gasteiger partial charge on any atom is -0.477 e. The Morgan fingerprint density at radius 3 is 1.25 bits per heavy atom. The molecule has 394 valence electrons. The SMILES string of the molecule is CC/C=C\C/C=C\C/C=C\C/C=C\C/C=C\C/C=C\C/C=C\CCCCCCCCCC(=O)OC(COC(=O)CCCCCCC/C=C\CCCCCCCC)COC(OCC[N+](C)(C)C)C(=O)O. The fraction of sp³-hybridized carbons (Fsp3) is 0.683. The molecule has 0 heterocycles. The van der Waals surface area contributed by atoms with Crippen LogP contribution in [0.2, 0.25) is 0 Å². The third-order valence-corrected chi connectivity index (χ3v) is 11.3. The molecular formula is C60H102NO8+. The van der Waals surface area contributed by atoms with Gasteiger partial charge in [0.25, 0.3) is 6.29 Å². The maximum atomic E-state index is 12.8. The van der Waals surface area contributed by atoms with Gasteiger partial charge in [0.1, 0.15) is 13.2 Å². The van der Waals surface area contributed by atoms with E-state index >= 15 is 0 Å². The molecule has 0 bridgehead atoms. The van der Waals surface area contributed by atoms with Crippen molar-refractivity contribution in [3.05, 3.63) is 97.2 Å². The number of unbranched alkanes of at least 4 members (excludes halogenated alkanes) is 18. The quantitative estimate of drug-likeness (QED) is 0.0211. The highest BCUT2D eigenvalue weighted by atomic mass is 16.7. The first-order chi connectivity index (χ1) is 33.6. The summed E-state index contributed by atoms with van der Waals surface area (Å²) < 4.78 is 22.8. The number of carboxylic acid groups (broad SMARTS) is 1. The van der Waals surface area contributed by atoms with Crippen LogP contribution in [0.25, 0.3) is 0 Å². The van der Waals surface area contributed by atoms with Crippen LogP contribution in [0.15, 0.2) is 97.2 Å². The number of ether oxygens (including phenoxy) is 4. The molecule has 0 fully saturated rings. The molecule has 0 saturated carbocycles. The standard InChI is InChI=1S/C60H101NO8/c1-6-8-10-12-14-16-18-20-22-23-24-25-26-27-28-29-30-31-32-33-34-35-37-39-41-43-45-47-49-51-58(63)69-56(55-68-60(59(64)65)66-53-52-61(3,4)5)54-67-57(62)50-48-46-44-42-40-38-36-21-19-17-15-13-11-9-7-2/h8,10,14,16,20-22,24-25,27-28,30-31,33-34,36,56,60H,6-7,9,11-13,15,17-19,23,26,29,32,35,37-55H2,1-5H3/p+1/b10-8-,16-14-,22-20-,25-24-,28-27-,31-30-,34-33-,36-21-. The van der Waals surface area contributed by atoms with Gasteiger partial charge in [-0.25, -0.2) is 4.79 Å². The predicted octanol–water partition coefficient (Wildman–Crippen LogP) is 15.8. The largest absolute Gasteiger partial charge is 0.477 e. The number of allylic oxidation sites excluding steroid dienone is 16. The van der Waals surface area contributed by atoms with E-state index in [9.17, 15) is 19.5 Å². The van der Waals surface area contributed by atoms with Crippen molar-refractivity contribution in [3.8, 4) is 0 Å². The number of carbonyl (C=O) groups is 3. The summed E-state index contributed by atoms with van der Waals surface area (Å²) in [6, 6.07) is 0. The van der Waals surface area contributed by atoms with Crippen LogP contribution in [0.3, 0.4) is 0 Å². The lowest BCUT2D eigenvalue weighted by atomic mass is 10.1. The summed E-state index contributed by atoms with van der Waals surface area (Å²) in [6.45, 7) is 4.72. The zero-order chi connectivity index (χ0) is 50.6. The highest BCUT2D eigenvalue weighted by molar-refractivity contribution is 5.71. The monoisotopic (exact) mass is 965 g/mol. The Labute approximate surface area is 422 Å². The van der Waals surface area contributed by atoms with Crippen molar-refractivity contribution in [2.24, 2.45) is 0 Å². The Balaban J connectivity index is 4.32. The molecule has 9 heteroatoms. The van der Waals surface area contributed by atoms with E-state index in [1.165, 1.54) is 64.2 Å². The number of likely N-dealkylation sites (N-methyl/N-ethyl adjacent to an activating group) is 1. The molecule has 0 spiro atoms. The average Bonchev–Trinajstić information content (AvgIpc) is 3.31. The van der Waals surface area contributed by atoms with Crippen LogP contribution in [0.5, 0.6) is 0 Å². The Hall–Kier alpha value is -3.79. The molecule has 0 aliphatic rings. The van der Waals surface area contributed by atoms with E-state index < -0.39 is 24.3 Å². The van der Waals surface area contributed by atoms with Gasteiger partial charge in [0.2, 0.25) is 0 Å². The van der Waals surface area contributed by atoms with E-state index in [1.54, 1.807) is 0 Å². The van der Waals surface area contributed by atoms with Crippen molar-refractivity contribution < 1.29 is 42.9 Å². The molecule has 69 heavy (non-hydrogen) atoms. The van der Waals surface area contributed by atoms with Crippen LogP contribution in [-0.2, 0) is 33.3 Å². The van der Waals surface area contributed by atoms with Crippen LogP contribution in [0.4, 0.5) is 0 Å². The molecule has 0 aromatic rings. The Morgan fingerprint density at radius 2 is 0.826 bits per heavy atom. The molecule has 0 radical (unpaired) electrons. The first-order valence-electron chi connectivity index (χ1n) is 27.4. The number of carbonyl (C=O) groups excluding carboxylic acids is 2. The van der Waals surface area contributed by atoms with Gasteiger partial charge in [-0.2, -0.15) is 0 Å². The maximum absolute atomic E-state index is 12.8. The molecule has 2 unspecified atom stereocenters. The van der Waals surface area contributed by atoms with Gasteiger partial charge in [-0.3, -0.25) is 9.59 Å². The zero-order valence-electron chi connectivity index (χ0n) is 44.7. The third-order valence-electron chi connectivity index (χ3n) is 11.3. The summed E-state index contributed by atoms with van der Waals surface area (Å²) >= 11 is 0. The van der Waals surface area contributed by atoms with Crippen molar-refractivity contribution in [3.63, 3.8) is 0 Å². The van der Waals surface area contributed by atoms with Gasteiger partial charge in [0, 0.05) is 12.8 Å². The summed E-state index contributed by atoms with van der Waals surface area (Å²) in [7, 11) is 5.95. The minimum absolute atomic E-state index is 0.179. The van der Waals surface area contributed by atoms with Gasteiger partial charge in [-0.15, -0.1) is 0 Å². The summed E-state index contributed by atoms with van der Waals surface area (Å²) in [5.41, 5.74) is 0. The highest BCUT2D eigenvalue weighted by Gasteiger charge is 2.25. The van der Waals surface area contributed by atoms with E-state index in [-0.39, 0.29) is 38.6 Å². The number of esters is 2. The average molecular weight is 965 g/mol. The number of quaternary nitrogens is 1. The second-order valence-corrected chi connectivity index (χ2v) is 19.2. The van der Waals surface area contributed by atoms with Crippen molar-refractivity contribution in [2.45, 2.75) is 219 Å². The van der Waals surface area contributed by atoms with Gasteiger partial charge >= 0.3 is 17.9 Å². The van der Waals surface area contributed by atoms with Crippen LogP contribution in [0, 0.1) is 0 Å². The van der Waals surface area contributed by atoms with E-state index in [1.807, 2.05) is 21.1 Å². The van der Waals surface area contributed by atoms with Crippen molar-refractivity contribution >= 4 is 17.9 Å². The lowest BCUT2D eigenvalue weighted by Crippen LogP contribution is -2.40. The lowest BCUT2D eigenvalue weighted by molar-refractivity contribution is -0.870. The van der Waals surface area contributed by atoms with E-state index in [2.05, 4.69) is 111 Å². The van der Waals surface area contributed by atoms with Crippen LogP contribution in [-0.4, -0.2) is 87.4 Å². The minimum atomic E-state index is -1.52. The number of nitrogens with zero attached hydrogens (tertiary/aromatic N) is 1. The Morgan fingerprint density at radius 1 is 0.449 bits per heavy atom. The van der Waals surface area contributed by atoms with E-state index in [0.29, 0.717) is 17.4 Å². The molecule has 2 atom stereocenters. The summed E-state index contributed by atoms with van der Waals surface area (Å²) in [6.07, 6.45) is 64.7. The van der Waals surface area contributed by atoms with Crippen molar-refractivity contribution in [1.82, 2.24) is 0 Å².